The van der Waals surface area contributed by atoms with Gasteiger partial charge in [0.1, 0.15) is 0 Å². The van der Waals surface area contributed by atoms with Crippen LogP contribution in [0.4, 0.5) is 0 Å². The summed E-state index contributed by atoms with van der Waals surface area (Å²) in [4.78, 5) is 0. The van der Waals surface area contributed by atoms with E-state index < -0.39 is 0 Å². The predicted molar refractivity (Wildman–Crippen MR) is 61.6 cm³/mol. The highest BCUT2D eigenvalue weighted by atomic mass is 16.7. The molecule has 0 aromatic rings. The van der Waals surface area contributed by atoms with Crippen LogP contribution < -0.4 is 0 Å². The zero-order valence-corrected chi connectivity index (χ0v) is 10.3. The Morgan fingerprint density at radius 2 is 1.71 bits per heavy atom. The number of hydrogen-bond donors (Lipinski definition) is 1. The first-order valence-electron chi connectivity index (χ1n) is 6.83. The minimum absolute atomic E-state index is 0.00773. The summed E-state index contributed by atoms with van der Waals surface area (Å²) in [5, 5.41) is 9.24. The van der Waals surface area contributed by atoms with Gasteiger partial charge in [-0.3, -0.25) is 0 Å². The van der Waals surface area contributed by atoms with E-state index in [1.165, 1.54) is 6.42 Å². The van der Waals surface area contributed by atoms with Crippen molar-refractivity contribution < 1.29 is 19.3 Å². The minimum Gasteiger partial charge on any atom is -0.394 e. The third-order valence-corrected chi connectivity index (χ3v) is 4.52. The molecule has 0 bridgehead atoms. The van der Waals surface area contributed by atoms with Gasteiger partial charge in [0.05, 0.1) is 31.5 Å². The molecule has 4 heteroatoms. The van der Waals surface area contributed by atoms with Crippen LogP contribution in [0.15, 0.2) is 0 Å². The van der Waals surface area contributed by atoms with Crippen molar-refractivity contribution in [3.63, 3.8) is 0 Å². The monoisotopic (exact) mass is 242 g/mol. The highest BCUT2D eigenvalue weighted by Gasteiger charge is 2.48. The van der Waals surface area contributed by atoms with Crippen LogP contribution in [0.2, 0.25) is 0 Å². The number of ether oxygens (including phenoxy) is 3. The second kappa shape index (κ2) is 4.50. The van der Waals surface area contributed by atoms with Crippen LogP contribution in [-0.4, -0.2) is 42.4 Å². The molecule has 2 heterocycles. The Balaban J connectivity index is 1.62. The van der Waals surface area contributed by atoms with E-state index in [2.05, 4.69) is 0 Å². The van der Waals surface area contributed by atoms with Gasteiger partial charge < -0.3 is 19.3 Å². The Bertz CT molecular complexity index is 263. The predicted octanol–water partition coefficient (Wildman–Crippen LogP) is 1.60. The van der Waals surface area contributed by atoms with Crippen molar-refractivity contribution in [2.24, 2.45) is 0 Å². The molecular formula is C13H22O4. The Morgan fingerprint density at radius 1 is 1.00 bits per heavy atom. The lowest BCUT2D eigenvalue weighted by Gasteiger charge is -2.47. The molecule has 3 aliphatic rings. The fourth-order valence-corrected chi connectivity index (χ4v) is 3.49. The van der Waals surface area contributed by atoms with Gasteiger partial charge in [-0.25, -0.2) is 0 Å². The average Bonchev–Trinajstić information content (AvgIpc) is 2.83. The summed E-state index contributed by atoms with van der Waals surface area (Å²) in [6.07, 6.45) is 7.21. The molecule has 3 rings (SSSR count). The first kappa shape index (κ1) is 11.9. The van der Waals surface area contributed by atoms with E-state index in [9.17, 15) is 5.11 Å². The fourth-order valence-electron chi connectivity index (χ4n) is 3.49. The van der Waals surface area contributed by atoms with Crippen LogP contribution >= 0.6 is 0 Å². The summed E-state index contributed by atoms with van der Waals surface area (Å²) in [5.74, 6) is -0.305. The van der Waals surface area contributed by atoms with Gasteiger partial charge >= 0.3 is 0 Å². The third-order valence-electron chi connectivity index (χ3n) is 4.52. The molecule has 0 radical (unpaired) electrons. The smallest absolute Gasteiger partial charge is 0.168 e. The van der Waals surface area contributed by atoms with E-state index >= 15 is 0 Å². The Hall–Kier alpha value is -0.160. The molecule has 1 N–H and O–H groups in total. The van der Waals surface area contributed by atoms with Gasteiger partial charge in [-0.2, -0.15) is 0 Å². The minimum atomic E-state index is -0.305. The second-order valence-corrected chi connectivity index (χ2v) is 5.61. The average molecular weight is 242 g/mol. The van der Waals surface area contributed by atoms with Crippen molar-refractivity contribution in [1.82, 2.24) is 0 Å². The van der Waals surface area contributed by atoms with Crippen molar-refractivity contribution >= 4 is 0 Å². The van der Waals surface area contributed by atoms with Crippen molar-refractivity contribution in [3.8, 4) is 0 Å². The normalized spacial score (nSPS) is 35.5. The molecule has 1 aliphatic carbocycles. The van der Waals surface area contributed by atoms with Crippen LogP contribution in [0, 0.1) is 0 Å². The van der Waals surface area contributed by atoms with E-state index in [1.54, 1.807) is 0 Å². The largest absolute Gasteiger partial charge is 0.394 e. The number of rotatable bonds is 1. The molecule has 0 aromatic heterocycles. The maximum Gasteiger partial charge on any atom is 0.168 e. The Labute approximate surface area is 102 Å². The number of aliphatic hydroxyl groups excluding tert-OH is 1. The van der Waals surface area contributed by atoms with E-state index in [1.807, 2.05) is 0 Å². The van der Waals surface area contributed by atoms with Crippen LogP contribution in [0.5, 0.6) is 0 Å². The molecule has 2 saturated heterocycles. The van der Waals surface area contributed by atoms with Crippen molar-refractivity contribution in [2.75, 3.05) is 19.8 Å². The first-order chi connectivity index (χ1) is 8.26. The van der Waals surface area contributed by atoms with Gasteiger partial charge in [0.25, 0.3) is 0 Å². The Kier molecular flexibility index (Phi) is 3.15. The summed E-state index contributed by atoms with van der Waals surface area (Å²) < 4.78 is 17.6. The number of hydrogen-bond acceptors (Lipinski definition) is 4. The van der Waals surface area contributed by atoms with Crippen LogP contribution in [0.3, 0.4) is 0 Å². The molecule has 17 heavy (non-hydrogen) atoms. The standard InChI is InChI=1S/C13H22O4/c14-10-11-2-1-3-12(17-11)4-6-13(7-5-12)15-8-9-16-13/h11,14H,1-10H2/t11-/m1/s1. The summed E-state index contributed by atoms with van der Waals surface area (Å²) in [5.41, 5.74) is -0.00773. The highest BCUT2D eigenvalue weighted by molar-refractivity contribution is 4.95. The molecule has 0 aromatic carbocycles. The molecule has 4 nitrogen and oxygen atoms in total. The lowest BCUT2D eigenvalue weighted by atomic mass is 9.76. The van der Waals surface area contributed by atoms with Gasteiger partial charge in [0.2, 0.25) is 0 Å². The summed E-state index contributed by atoms with van der Waals surface area (Å²) in [6.45, 7) is 1.61. The molecule has 2 spiro atoms. The highest BCUT2D eigenvalue weighted by Crippen LogP contribution is 2.46. The van der Waals surface area contributed by atoms with Crippen LogP contribution in [-0.2, 0) is 14.2 Å². The number of aliphatic hydroxyl groups is 1. The molecule has 0 amide bonds. The maximum atomic E-state index is 9.24. The topological polar surface area (TPSA) is 47.9 Å². The van der Waals surface area contributed by atoms with Gasteiger partial charge in [0.15, 0.2) is 5.79 Å². The quantitative estimate of drug-likeness (QED) is 0.759. The molecular weight excluding hydrogens is 220 g/mol. The SMILES string of the molecule is OC[C@H]1CCCC2(CCC3(CC2)OCCO3)O1. The molecule has 1 atom stereocenters. The van der Waals surface area contributed by atoms with Gasteiger partial charge in [-0.05, 0) is 32.1 Å². The van der Waals surface area contributed by atoms with E-state index in [0.717, 1.165) is 51.7 Å². The van der Waals surface area contributed by atoms with Crippen molar-refractivity contribution in [2.45, 2.75) is 62.4 Å². The summed E-state index contributed by atoms with van der Waals surface area (Å²) >= 11 is 0. The van der Waals surface area contributed by atoms with Crippen molar-refractivity contribution in [3.05, 3.63) is 0 Å². The lowest BCUT2D eigenvalue weighted by Crippen LogP contribution is -2.49. The third kappa shape index (κ3) is 2.24. The molecule has 0 unspecified atom stereocenters. The first-order valence-corrected chi connectivity index (χ1v) is 6.83. The van der Waals surface area contributed by atoms with Gasteiger partial charge in [-0.1, -0.05) is 0 Å². The maximum absolute atomic E-state index is 9.24. The van der Waals surface area contributed by atoms with Crippen LogP contribution in [0.25, 0.3) is 0 Å². The van der Waals surface area contributed by atoms with Crippen molar-refractivity contribution in [1.29, 1.82) is 0 Å². The van der Waals surface area contributed by atoms with Gasteiger partial charge in [-0.15, -0.1) is 0 Å². The fraction of sp³-hybridized carbons (Fsp3) is 1.00. The molecule has 3 fully saturated rings. The second-order valence-electron chi connectivity index (χ2n) is 5.61. The summed E-state index contributed by atoms with van der Waals surface area (Å²) in [6, 6.07) is 0. The van der Waals surface area contributed by atoms with E-state index in [0.29, 0.717) is 0 Å². The van der Waals surface area contributed by atoms with E-state index in [-0.39, 0.29) is 24.1 Å². The zero-order chi connectivity index (χ0) is 11.8. The Morgan fingerprint density at radius 3 is 2.35 bits per heavy atom. The van der Waals surface area contributed by atoms with E-state index in [4.69, 9.17) is 14.2 Å². The molecule has 98 valence electrons. The molecule has 1 saturated carbocycles. The van der Waals surface area contributed by atoms with Crippen LogP contribution in [0.1, 0.15) is 44.9 Å². The lowest BCUT2D eigenvalue weighted by molar-refractivity contribution is -0.231. The van der Waals surface area contributed by atoms with Gasteiger partial charge in [0, 0.05) is 12.8 Å². The summed E-state index contributed by atoms with van der Waals surface area (Å²) in [7, 11) is 0. The zero-order valence-electron chi connectivity index (χ0n) is 10.3. The molecule has 2 aliphatic heterocycles.